The zero-order chi connectivity index (χ0) is 20.7. The van der Waals surface area contributed by atoms with Crippen molar-refractivity contribution in [2.45, 2.75) is 58.2 Å². The maximum Gasteiger partial charge on any atom is 0.311 e. The maximum atomic E-state index is 14.0. The zero-order valence-corrected chi connectivity index (χ0v) is 16.8. The Labute approximate surface area is 165 Å². The van der Waals surface area contributed by atoms with E-state index in [1.807, 2.05) is 14.0 Å². The first kappa shape index (κ1) is 22.7. The lowest BCUT2D eigenvalue weighted by Gasteiger charge is -2.35. The topological polar surface area (TPSA) is 77.3 Å². The third-order valence-electron chi connectivity index (χ3n) is 4.94. The second kappa shape index (κ2) is 10.2. The summed E-state index contributed by atoms with van der Waals surface area (Å²) in [4.78, 5) is 0. The van der Waals surface area contributed by atoms with E-state index < -0.39 is 29.4 Å². The summed E-state index contributed by atoms with van der Waals surface area (Å²) in [6, 6.07) is 2.44. The molecule has 1 aliphatic carbocycles. The fourth-order valence-corrected chi connectivity index (χ4v) is 3.52. The van der Waals surface area contributed by atoms with E-state index in [1.54, 1.807) is 11.9 Å². The van der Waals surface area contributed by atoms with Gasteiger partial charge in [0.05, 0.1) is 5.56 Å². The number of aliphatic hydroxyl groups is 2. The van der Waals surface area contributed by atoms with Crippen LogP contribution in [0.15, 0.2) is 23.3 Å². The SMILES string of the molecule is CNC/C(C)=N/N(CC1CCCCC1)C(C)OC(O)(O)c1cc(F)ccc1F. The molecule has 0 bridgehead atoms. The number of hydrogen-bond acceptors (Lipinski definition) is 6. The van der Waals surface area contributed by atoms with Gasteiger partial charge in [-0.3, -0.25) is 9.75 Å². The van der Waals surface area contributed by atoms with Gasteiger partial charge in [0.15, 0.2) is 0 Å². The Morgan fingerprint density at radius 2 is 2.00 bits per heavy atom. The molecule has 1 aliphatic rings. The molecule has 1 unspecified atom stereocenters. The van der Waals surface area contributed by atoms with Crippen molar-refractivity contribution in [1.82, 2.24) is 10.3 Å². The summed E-state index contributed by atoms with van der Waals surface area (Å²) < 4.78 is 32.8. The lowest BCUT2D eigenvalue weighted by molar-refractivity contribution is -0.381. The molecule has 0 amide bonds. The number of nitrogens with zero attached hydrogens (tertiary/aromatic N) is 2. The third-order valence-corrected chi connectivity index (χ3v) is 4.94. The minimum absolute atomic E-state index is 0.420. The number of rotatable bonds is 9. The molecule has 0 heterocycles. The van der Waals surface area contributed by atoms with Crippen LogP contribution in [-0.2, 0) is 10.7 Å². The summed E-state index contributed by atoms with van der Waals surface area (Å²) in [5, 5.41) is 29.8. The van der Waals surface area contributed by atoms with Gasteiger partial charge in [0, 0.05) is 18.8 Å². The molecule has 6 nitrogen and oxygen atoms in total. The van der Waals surface area contributed by atoms with E-state index in [9.17, 15) is 19.0 Å². The lowest BCUT2D eigenvalue weighted by atomic mass is 9.89. The number of hydrogen-bond donors (Lipinski definition) is 3. The minimum atomic E-state index is -2.98. The van der Waals surface area contributed by atoms with Crippen LogP contribution >= 0.6 is 0 Å². The summed E-state index contributed by atoms with van der Waals surface area (Å²) >= 11 is 0. The van der Waals surface area contributed by atoms with Crippen LogP contribution in [0, 0.1) is 17.6 Å². The molecule has 0 aromatic heterocycles. The highest BCUT2D eigenvalue weighted by Gasteiger charge is 2.35. The molecule has 2 rings (SSSR count). The van der Waals surface area contributed by atoms with E-state index in [4.69, 9.17) is 4.74 Å². The number of ether oxygens (including phenoxy) is 1. The lowest BCUT2D eigenvalue weighted by Crippen LogP contribution is -2.43. The van der Waals surface area contributed by atoms with Gasteiger partial charge >= 0.3 is 5.97 Å². The zero-order valence-electron chi connectivity index (χ0n) is 16.8. The van der Waals surface area contributed by atoms with Gasteiger partial charge in [-0.15, -0.1) is 0 Å². The van der Waals surface area contributed by atoms with Gasteiger partial charge in [0.25, 0.3) is 0 Å². The Kier molecular flexibility index (Phi) is 8.30. The number of hydrazone groups is 1. The van der Waals surface area contributed by atoms with Crippen molar-refractivity contribution in [3.63, 3.8) is 0 Å². The second-order valence-corrected chi connectivity index (χ2v) is 7.44. The fourth-order valence-electron chi connectivity index (χ4n) is 3.52. The van der Waals surface area contributed by atoms with Crippen LogP contribution in [-0.4, -0.2) is 47.3 Å². The Bertz CT molecular complexity index is 664. The predicted molar refractivity (Wildman–Crippen MR) is 103 cm³/mol. The van der Waals surface area contributed by atoms with Crippen LogP contribution in [0.2, 0.25) is 0 Å². The van der Waals surface area contributed by atoms with Crippen LogP contribution in [0.4, 0.5) is 8.78 Å². The number of benzene rings is 1. The molecule has 158 valence electrons. The van der Waals surface area contributed by atoms with Crippen LogP contribution < -0.4 is 5.32 Å². The van der Waals surface area contributed by atoms with Crippen molar-refractivity contribution >= 4 is 5.71 Å². The second-order valence-electron chi connectivity index (χ2n) is 7.44. The molecule has 0 spiro atoms. The first-order valence-electron chi connectivity index (χ1n) is 9.76. The molecular formula is C20H31F2N3O3. The minimum Gasteiger partial charge on any atom is -0.339 e. The highest BCUT2D eigenvalue weighted by molar-refractivity contribution is 5.83. The molecule has 3 N–H and O–H groups in total. The molecular weight excluding hydrogens is 368 g/mol. The number of nitrogens with one attached hydrogen (secondary N) is 1. The molecule has 1 fully saturated rings. The Morgan fingerprint density at radius 1 is 1.32 bits per heavy atom. The Hall–Kier alpha value is -1.61. The van der Waals surface area contributed by atoms with Crippen LogP contribution in [0.5, 0.6) is 0 Å². The summed E-state index contributed by atoms with van der Waals surface area (Å²) in [5.74, 6) is -4.32. The molecule has 0 saturated heterocycles. The number of halogens is 2. The maximum absolute atomic E-state index is 14.0. The van der Waals surface area contributed by atoms with Crippen molar-refractivity contribution in [2.75, 3.05) is 20.1 Å². The van der Waals surface area contributed by atoms with Crippen molar-refractivity contribution in [3.05, 3.63) is 35.4 Å². The van der Waals surface area contributed by atoms with Gasteiger partial charge < -0.3 is 15.5 Å². The Morgan fingerprint density at radius 3 is 2.64 bits per heavy atom. The van der Waals surface area contributed by atoms with Crippen LogP contribution in [0.1, 0.15) is 51.5 Å². The van der Waals surface area contributed by atoms with Crippen LogP contribution in [0.3, 0.4) is 0 Å². The third kappa shape index (κ3) is 6.48. The van der Waals surface area contributed by atoms with E-state index in [-0.39, 0.29) is 0 Å². The average Bonchev–Trinajstić information content (AvgIpc) is 2.63. The standard InChI is InChI=1S/C20H31F2N3O3/c1-14(12-23-3)24-25(13-16-7-5-4-6-8-16)15(2)28-20(26,27)18-11-17(21)9-10-19(18)22/h9-11,15-16,23,26-27H,4-8,12-13H2,1-3H3/b24-14+. The van der Waals surface area contributed by atoms with E-state index in [2.05, 4.69) is 10.4 Å². The highest BCUT2D eigenvalue weighted by atomic mass is 19.1. The van der Waals surface area contributed by atoms with Crippen molar-refractivity contribution < 1.29 is 23.7 Å². The van der Waals surface area contributed by atoms with Gasteiger partial charge in [0.1, 0.15) is 17.9 Å². The summed E-state index contributed by atoms with van der Waals surface area (Å²) in [6.45, 7) is 4.62. The van der Waals surface area contributed by atoms with Gasteiger partial charge in [0.2, 0.25) is 0 Å². The first-order chi connectivity index (χ1) is 13.2. The fraction of sp³-hybridized carbons (Fsp3) is 0.650. The van der Waals surface area contributed by atoms with Gasteiger partial charge in [-0.25, -0.2) is 8.78 Å². The van der Waals surface area contributed by atoms with Gasteiger partial charge in [-0.1, -0.05) is 19.3 Å². The molecule has 8 heteroatoms. The van der Waals surface area contributed by atoms with Gasteiger partial charge in [-0.05, 0) is 57.9 Å². The van der Waals surface area contributed by atoms with E-state index >= 15 is 0 Å². The van der Waals surface area contributed by atoms with Crippen molar-refractivity contribution in [1.29, 1.82) is 0 Å². The molecule has 1 saturated carbocycles. The summed E-state index contributed by atoms with van der Waals surface area (Å²) in [6.07, 6.45) is 4.82. The van der Waals surface area contributed by atoms with E-state index in [1.165, 1.54) is 6.42 Å². The molecule has 1 aromatic rings. The summed E-state index contributed by atoms with van der Waals surface area (Å²) in [7, 11) is 1.81. The van der Waals surface area contributed by atoms with Gasteiger partial charge in [-0.2, -0.15) is 5.10 Å². The predicted octanol–water partition coefficient (Wildman–Crippen LogP) is 2.90. The molecule has 1 aromatic carbocycles. The smallest absolute Gasteiger partial charge is 0.311 e. The highest BCUT2D eigenvalue weighted by Crippen LogP contribution is 2.28. The molecule has 0 radical (unpaired) electrons. The Balaban J connectivity index is 2.18. The first-order valence-corrected chi connectivity index (χ1v) is 9.76. The van der Waals surface area contributed by atoms with Crippen molar-refractivity contribution in [2.24, 2.45) is 11.0 Å². The average molecular weight is 399 g/mol. The normalized spacial score (nSPS) is 17.6. The monoisotopic (exact) mass is 399 g/mol. The van der Waals surface area contributed by atoms with E-state index in [0.29, 0.717) is 25.1 Å². The summed E-state index contributed by atoms with van der Waals surface area (Å²) in [5.41, 5.74) is 0.125. The largest absolute Gasteiger partial charge is 0.339 e. The van der Waals surface area contributed by atoms with Crippen molar-refractivity contribution in [3.8, 4) is 0 Å². The van der Waals surface area contributed by atoms with E-state index in [0.717, 1.165) is 43.5 Å². The molecule has 1 atom stereocenters. The molecule has 28 heavy (non-hydrogen) atoms. The molecule has 0 aliphatic heterocycles. The van der Waals surface area contributed by atoms with Crippen LogP contribution in [0.25, 0.3) is 0 Å². The quantitative estimate of drug-likeness (QED) is 0.338.